The Hall–Kier alpha value is -2.11. The Morgan fingerprint density at radius 2 is 1.15 bits per heavy atom. The molecule has 5 rings (SSSR count). The quantitative estimate of drug-likeness (QED) is 0.248. The van der Waals surface area contributed by atoms with E-state index in [1.54, 1.807) is 0 Å². The molecule has 2 heteroatoms. The summed E-state index contributed by atoms with van der Waals surface area (Å²) in [5, 5.41) is 2.85. The Labute approximate surface area is 166 Å². The zero-order chi connectivity index (χ0) is 17.3. The van der Waals surface area contributed by atoms with E-state index in [-0.39, 0.29) is 31.4 Å². The summed E-state index contributed by atoms with van der Waals surface area (Å²) in [6, 6.07) is 38.0. The van der Waals surface area contributed by atoms with Crippen LogP contribution in [0.5, 0.6) is 0 Å². The van der Waals surface area contributed by atoms with Crippen molar-refractivity contribution in [2.24, 2.45) is 0 Å². The topological polar surface area (TPSA) is 0 Å². The van der Waals surface area contributed by atoms with Gasteiger partial charge in [-0.25, -0.2) is 0 Å². The van der Waals surface area contributed by atoms with Gasteiger partial charge in [0.15, 0.2) is 0 Å². The maximum absolute atomic E-state index is 2.46. The minimum absolute atomic E-state index is 0.0191. The Morgan fingerprint density at radius 1 is 0.500 bits per heavy atom. The predicted molar refractivity (Wildman–Crippen MR) is 117 cm³/mol. The van der Waals surface area contributed by atoms with Crippen molar-refractivity contribution in [1.29, 1.82) is 0 Å². The molecule has 4 aromatic carbocycles. The Kier molecular flexibility index (Phi) is 4.27. The first-order valence-electron chi connectivity index (χ1n) is 8.66. The SMILES string of the molecule is c1ccc([Te]c2ccc3c(c2)c2ccccc2[s+]3-c2ccccc2)cc1. The first-order valence-corrected chi connectivity index (χ1v) is 12.2. The average molecular weight is 465 g/mol. The van der Waals surface area contributed by atoms with Gasteiger partial charge in [0, 0.05) is 0 Å². The normalized spacial score (nSPS) is 11.9. The molecule has 0 aliphatic carbocycles. The number of benzene rings is 4. The van der Waals surface area contributed by atoms with Gasteiger partial charge in [0.25, 0.3) is 0 Å². The number of rotatable bonds is 3. The van der Waals surface area contributed by atoms with E-state index in [0.29, 0.717) is 0 Å². The Balaban J connectivity index is 1.73. The molecule has 1 unspecified atom stereocenters. The van der Waals surface area contributed by atoms with E-state index in [2.05, 4.69) is 103 Å². The van der Waals surface area contributed by atoms with Crippen LogP contribution in [0.2, 0.25) is 0 Å². The average Bonchev–Trinajstić information content (AvgIpc) is 3.03. The summed E-state index contributed by atoms with van der Waals surface area (Å²) in [5.41, 5.74) is 0. The Bertz CT molecular complexity index is 1190. The summed E-state index contributed by atoms with van der Waals surface area (Å²) in [6.45, 7) is 0. The molecule has 0 bridgehead atoms. The molecule has 0 saturated heterocycles. The molecule has 0 spiro atoms. The summed E-state index contributed by atoms with van der Waals surface area (Å²) >= 11 is -0.340. The van der Waals surface area contributed by atoms with E-state index in [1.807, 2.05) is 0 Å². The summed E-state index contributed by atoms with van der Waals surface area (Å²) in [5.74, 6) is 0. The van der Waals surface area contributed by atoms with Crippen molar-refractivity contribution in [1.82, 2.24) is 0 Å². The van der Waals surface area contributed by atoms with Gasteiger partial charge in [0.05, 0.1) is 0 Å². The van der Waals surface area contributed by atoms with Gasteiger partial charge < -0.3 is 0 Å². The molecule has 0 nitrogen and oxygen atoms in total. The fourth-order valence-electron chi connectivity index (χ4n) is 3.38. The molecule has 0 amide bonds. The van der Waals surface area contributed by atoms with E-state index in [0.717, 1.165) is 0 Å². The first-order chi connectivity index (χ1) is 12.9. The van der Waals surface area contributed by atoms with Crippen molar-refractivity contribution in [3.63, 3.8) is 0 Å². The summed E-state index contributed by atoms with van der Waals surface area (Å²) in [4.78, 5) is 1.41. The monoisotopic (exact) mass is 467 g/mol. The van der Waals surface area contributed by atoms with Crippen LogP contribution < -0.4 is 7.22 Å². The summed E-state index contributed by atoms with van der Waals surface area (Å²) in [6.07, 6.45) is 0. The van der Waals surface area contributed by atoms with E-state index >= 15 is 0 Å². The van der Waals surface area contributed by atoms with Gasteiger partial charge in [-0.2, -0.15) is 0 Å². The van der Waals surface area contributed by atoms with E-state index in [9.17, 15) is 0 Å². The fourth-order valence-corrected chi connectivity index (χ4v) is 8.27. The number of thiophene rings is 1. The third-order valence-electron chi connectivity index (χ3n) is 4.53. The summed E-state index contributed by atoms with van der Waals surface area (Å²) < 4.78 is 5.94. The van der Waals surface area contributed by atoms with E-state index in [4.69, 9.17) is 0 Å². The zero-order valence-corrected chi connectivity index (χ0v) is 17.3. The molecule has 1 aromatic heterocycles. The molecule has 0 fully saturated rings. The Morgan fingerprint density at radius 3 is 1.96 bits per heavy atom. The van der Waals surface area contributed by atoms with Gasteiger partial charge in [0.1, 0.15) is 0 Å². The van der Waals surface area contributed by atoms with Crippen molar-refractivity contribution in [3.8, 4) is 4.90 Å². The van der Waals surface area contributed by atoms with E-state index in [1.165, 1.54) is 32.3 Å². The second kappa shape index (κ2) is 6.89. The van der Waals surface area contributed by atoms with Crippen molar-refractivity contribution in [2.75, 3.05) is 0 Å². The van der Waals surface area contributed by atoms with Crippen LogP contribution in [-0.2, 0) is 0 Å². The molecular weight excluding hydrogens is 448 g/mol. The third kappa shape index (κ3) is 2.85. The van der Waals surface area contributed by atoms with Crippen LogP contribution in [0.15, 0.2) is 103 Å². The molecular formula is C24H17STe+. The second-order valence-corrected chi connectivity index (χ2v) is 11.4. The van der Waals surface area contributed by atoms with Crippen LogP contribution in [0.3, 0.4) is 0 Å². The molecule has 1 heterocycles. The van der Waals surface area contributed by atoms with Gasteiger partial charge in [-0.3, -0.25) is 0 Å². The zero-order valence-electron chi connectivity index (χ0n) is 14.1. The van der Waals surface area contributed by atoms with Crippen LogP contribution in [0.25, 0.3) is 25.1 Å². The molecule has 0 radical (unpaired) electrons. The van der Waals surface area contributed by atoms with E-state index < -0.39 is 0 Å². The van der Waals surface area contributed by atoms with Crippen LogP contribution in [0.1, 0.15) is 0 Å². The predicted octanol–water partition coefficient (Wildman–Crippen LogP) is 5.39. The van der Waals surface area contributed by atoms with Gasteiger partial charge in [-0.15, -0.1) is 0 Å². The molecule has 26 heavy (non-hydrogen) atoms. The first kappa shape index (κ1) is 16.1. The van der Waals surface area contributed by atoms with Crippen molar-refractivity contribution in [2.45, 2.75) is 0 Å². The van der Waals surface area contributed by atoms with Crippen molar-refractivity contribution in [3.05, 3.63) is 103 Å². The molecule has 0 aliphatic rings. The molecule has 0 N–H and O–H groups in total. The van der Waals surface area contributed by atoms with Crippen LogP contribution in [0.4, 0.5) is 0 Å². The van der Waals surface area contributed by atoms with Crippen LogP contribution in [0, 0.1) is 0 Å². The molecule has 5 aromatic rings. The second-order valence-electron chi connectivity index (χ2n) is 6.19. The molecule has 124 valence electrons. The molecule has 0 aliphatic heterocycles. The third-order valence-corrected chi connectivity index (χ3v) is 9.71. The summed E-state index contributed by atoms with van der Waals surface area (Å²) in [7, 11) is 0.0191. The molecule has 0 saturated carbocycles. The van der Waals surface area contributed by atoms with Crippen molar-refractivity contribution >= 4 is 58.8 Å². The molecule has 1 atom stereocenters. The van der Waals surface area contributed by atoms with Crippen LogP contribution >= 0.6 is 10.5 Å². The standard InChI is InChI=1S/C24H17STe/c1-3-9-18(10-4-1)25-23-14-8-7-13-21(23)22-17-20(15-16-24(22)25)26-19-11-5-2-6-12-19/h1-17H/q+1. The van der Waals surface area contributed by atoms with Gasteiger partial charge in [-0.05, 0) is 0 Å². The van der Waals surface area contributed by atoms with Crippen molar-refractivity contribution < 1.29 is 0 Å². The number of hydrogen-bond acceptors (Lipinski definition) is 0. The number of hydrogen-bond donors (Lipinski definition) is 0. The van der Waals surface area contributed by atoms with Gasteiger partial charge >= 0.3 is 167 Å². The van der Waals surface area contributed by atoms with Gasteiger partial charge in [-0.1, -0.05) is 0 Å². The maximum atomic E-state index is 2.46. The minimum atomic E-state index is -0.340. The van der Waals surface area contributed by atoms with Gasteiger partial charge in [0.2, 0.25) is 0 Å². The number of fused-ring (bicyclic) bond motifs is 3. The fraction of sp³-hybridized carbons (Fsp3) is 0. The van der Waals surface area contributed by atoms with Crippen LogP contribution in [-0.4, -0.2) is 20.9 Å².